The smallest absolute Gasteiger partial charge is 0.245 e. The van der Waals surface area contributed by atoms with E-state index < -0.39 is 18.8 Å². The molecule has 0 aromatic heterocycles. The Hall–Kier alpha value is -1.13. The molecule has 5 heteroatoms. The first-order chi connectivity index (χ1) is 7.15. The number of rotatable bonds is 4. The van der Waals surface area contributed by atoms with E-state index in [1.165, 1.54) is 4.90 Å². The first-order valence-corrected chi connectivity index (χ1v) is 5.32. The molecular weight excluding hydrogens is 199 g/mol. The van der Waals surface area contributed by atoms with E-state index in [-0.39, 0.29) is 18.4 Å². The molecule has 1 N–H and O–H groups in total. The van der Waals surface area contributed by atoms with Crippen LogP contribution in [0, 0.1) is 0 Å². The molecule has 1 aliphatic heterocycles. The molecule has 0 aromatic carbocycles. The Kier molecular flexibility index (Phi) is 4.05. The van der Waals surface area contributed by atoms with Crippen LogP contribution in [0.4, 0.5) is 4.39 Å². The molecular formula is C10H17FN2O2. The number of alkyl halides is 1. The second-order valence-electron chi connectivity index (χ2n) is 3.61. The Morgan fingerprint density at radius 2 is 2.00 bits per heavy atom. The standard InChI is InChI=1S/C10H17FN2O2/c1-3-7-10(15)13(6-5-11)8(4-2)9(14)12-7/h7-8H,3-6H2,1-2H3,(H,12,14). The average Bonchev–Trinajstić information content (AvgIpc) is 2.23. The molecule has 2 atom stereocenters. The van der Waals surface area contributed by atoms with Crippen molar-refractivity contribution in [3.63, 3.8) is 0 Å². The summed E-state index contributed by atoms with van der Waals surface area (Å²) in [6.45, 7) is 3.05. The Balaban J connectivity index is 2.83. The topological polar surface area (TPSA) is 49.4 Å². The molecule has 1 aliphatic rings. The van der Waals surface area contributed by atoms with Crippen molar-refractivity contribution in [2.45, 2.75) is 38.8 Å². The van der Waals surface area contributed by atoms with E-state index in [9.17, 15) is 14.0 Å². The zero-order valence-electron chi connectivity index (χ0n) is 9.12. The van der Waals surface area contributed by atoms with Crippen molar-refractivity contribution >= 4 is 11.8 Å². The predicted octanol–water partition coefficient (Wildman–Crippen LogP) is 0.471. The minimum absolute atomic E-state index is 0.0151. The fourth-order valence-corrected chi connectivity index (χ4v) is 1.86. The quantitative estimate of drug-likeness (QED) is 0.742. The van der Waals surface area contributed by atoms with E-state index in [1.54, 1.807) is 0 Å². The first-order valence-electron chi connectivity index (χ1n) is 5.32. The summed E-state index contributed by atoms with van der Waals surface area (Å²) in [5.41, 5.74) is 0. The van der Waals surface area contributed by atoms with Gasteiger partial charge in [-0.3, -0.25) is 9.59 Å². The molecule has 1 fully saturated rings. The zero-order chi connectivity index (χ0) is 11.4. The van der Waals surface area contributed by atoms with Gasteiger partial charge in [0.2, 0.25) is 11.8 Å². The van der Waals surface area contributed by atoms with Gasteiger partial charge in [0.05, 0.1) is 0 Å². The lowest BCUT2D eigenvalue weighted by Crippen LogP contribution is -2.63. The molecule has 15 heavy (non-hydrogen) atoms. The van der Waals surface area contributed by atoms with Gasteiger partial charge in [0.1, 0.15) is 18.8 Å². The van der Waals surface area contributed by atoms with Crippen LogP contribution in [0.3, 0.4) is 0 Å². The summed E-state index contributed by atoms with van der Waals surface area (Å²) in [5, 5.41) is 2.65. The fourth-order valence-electron chi connectivity index (χ4n) is 1.86. The van der Waals surface area contributed by atoms with Crippen LogP contribution in [-0.2, 0) is 9.59 Å². The van der Waals surface area contributed by atoms with Gasteiger partial charge in [0.25, 0.3) is 0 Å². The highest BCUT2D eigenvalue weighted by molar-refractivity contribution is 5.96. The fraction of sp³-hybridized carbons (Fsp3) is 0.800. The van der Waals surface area contributed by atoms with Crippen LogP contribution in [-0.4, -0.2) is 42.0 Å². The second-order valence-corrected chi connectivity index (χ2v) is 3.61. The van der Waals surface area contributed by atoms with Gasteiger partial charge >= 0.3 is 0 Å². The summed E-state index contributed by atoms with van der Waals surface area (Å²) in [5.74, 6) is -0.334. The van der Waals surface area contributed by atoms with Gasteiger partial charge in [0.15, 0.2) is 0 Å². The van der Waals surface area contributed by atoms with E-state index >= 15 is 0 Å². The molecule has 1 saturated heterocycles. The third-order valence-corrected chi connectivity index (χ3v) is 2.70. The van der Waals surface area contributed by atoms with Crippen molar-refractivity contribution in [3.05, 3.63) is 0 Å². The Morgan fingerprint density at radius 3 is 2.47 bits per heavy atom. The lowest BCUT2D eigenvalue weighted by Gasteiger charge is -2.37. The molecule has 1 heterocycles. The van der Waals surface area contributed by atoms with Gasteiger partial charge in [-0.15, -0.1) is 0 Å². The number of halogens is 1. The number of piperazine rings is 1. The van der Waals surface area contributed by atoms with E-state index in [0.717, 1.165) is 0 Å². The molecule has 2 unspecified atom stereocenters. The highest BCUT2D eigenvalue weighted by Gasteiger charge is 2.38. The molecule has 0 saturated carbocycles. The number of nitrogens with one attached hydrogen (secondary N) is 1. The molecule has 0 spiro atoms. The lowest BCUT2D eigenvalue weighted by atomic mass is 10.0. The van der Waals surface area contributed by atoms with Crippen LogP contribution in [0.1, 0.15) is 26.7 Å². The second kappa shape index (κ2) is 5.09. The third-order valence-electron chi connectivity index (χ3n) is 2.70. The van der Waals surface area contributed by atoms with Crippen LogP contribution >= 0.6 is 0 Å². The molecule has 0 aromatic rings. The summed E-state index contributed by atoms with van der Waals surface area (Å²) in [4.78, 5) is 24.8. The zero-order valence-corrected chi connectivity index (χ0v) is 9.12. The number of nitrogens with zero attached hydrogens (tertiary/aromatic N) is 1. The van der Waals surface area contributed by atoms with E-state index in [4.69, 9.17) is 0 Å². The number of carbonyl (C=O) groups excluding carboxylic acids is 2. The summed E-state index contributed by atoms with van der Waals surface area (Å²) >= 11 is 0. The van der Waals surface area contributed by atoms with Crippen LogP contribution in [0.15, 0.2) is 0 Å². The number of amides is 2. The normalized spacial score (nSPS) is 26.7. The minimum Gasteiger partial charge on any atom is -0.343 e. The van der Waals surface area contributed by atoms with Crippen LogP contribution in [0.2, 0.25) is 0 Å². The SMILES string of the molecule is CCC1NC(=O)C(CC)N(CCF)C1=O. The molecule has 0 aliphatic carbocycles. The predicted molar refractivity (Wildman–Crippen MR) is 54.0 cm³/mol. The molecule has 4 nitrogen and oxygen atoms in total. The van der Waals surface area contributed by atoms with Crippen molar-refractivity contribution in [2.75, 3.05) is 13.2 Å². The van der Waals surface area contributed by atoms with Crippen molar-refractivity contribution in [1.29, 1.82) is 0 Å². The average molecular weight is 216 g/mol. The molecule has 0 radical (unpaired) electrons. The third kappa shape index (κ3) is 2.27. The summed E-state index contributed by atoms with van der Waals surface area (Å²) in [7, 11) is 0. The van der Waals surface area contributed by atoms with E-state index in [2.05, 4.69) is 5.32 Å². The maximum absolute atomic E-state index is 12.3. The molecule has 86 valence electrons. The lowest BCUT2D eigenvalue weighted by molar-refractivity contribution is -0.149. The maximum Gasteiger partial charge on any atom is 0.245 e. The number of hydrogen-bond donors (Lipinski definition) is 1. The van der Waals surface area contributed by atoms with E-state index in [1.807, 2.05) is 13.8 Å². The van der Waals surface area contributed by atoms with Crippen LogP contribution in [0.5, 0.6) is 0 Å². The summed E-state index contributed by atoms with van der Waals surface area (Å²) in [6.07, 6.45) is 1.07. The Morgan fingerprint density at radius 1 is 1.33 bits per heavy atom. The van der Waals surface area contributed by atoms with Crippen LogP contribution in [0.25, 0.3) is 0 Å². The van der Waals surface area contributed by atoms with Gasteiger partial charge in [0, 0.05) is 6.54 Å². The van der Waals surface area contributed by atoms with Gasteiger partial charge in [-0.2, -0.15) is 0 Å². The molecule has 0 bridgehead atoms. The Labute approximate surface area is 88.8 Å². The van der Waals surface area contributed by atoms with Crippen LogP contribution < -0.4 is 5.32 Å². The van der Waals surface area contributed by atoms with Crippen molar-refractivity contribution < 1.29 is 14.0 Å². The summed E-state index contributed by atoms with van der Waals surface area (Å²) < 4.78 is 12.3. The van der Waals surface area contributed by atoms with Gasteiger partial charge in [-0.25, -0.2) is 4.39 Å². The highest BCUT2D eigenvalue weighted by Crippen LogP contribution is 2.14. The highest BCUT2D eigenvalue weighted by atomic mass is 19.1. The number of carbonyl (C=O) groups is 2. The van der Waals surface area contributed by atoms with E-state index in [0.29, 0.717) is 12.8 Å². The van der Waals surface area contributed by atoms with Crippen molar-refractivity contribution in [1.82, 2.24) is 10.2 Å². The van der Waals surface area contributed by atoms with Gasteiger partial charge in [-0.1, -0.05) is 13.8 Å². The monoisotopic (exact) mass is 216 g/mol. The maximum atomic E-state index is 12.3. The Bertz CT molecular complexity index is 258. The molecule has 2 amide bonds. The number of hydrogen-bond acceptors (Lipinski definition) is 2. The largest absolute Gasteiger partial charge is 0.343 e. The van der Waals surface area contributed by atoms with Crippen molar-refractivity contribution in [3.8, 4) is 0 Å². The minimum atomic E-state index is -0.605. The van der Waals surface area contributed by atoms with Crippen molar-refractivity contribution in [2.24, 2.45) is 0 Å². The first kappa shape index (κ1) is 11.9. The van der Waals surface area contributed by atoms with Gasteiger partial charge < -0.3 is 10.2 Å². The summed E-state index contributed by atoms with van der Waals surface area (Å²) in [6, 6.07) is -0.983. The molecule has 1 rings (SSSR count). The van der Waals surface area contributed by atoms with Gasteiger partial charge in [-0.05, 0) is 12.8 Å².